The summed E-state index contributed by atoms with van der Waals surface area (Å²) in [6.07, 6.45) is 4.61. The molecular formula is C20H29NO3. The molecule has 0 amide bonds. The lowest BCUT2D eigenvalue weighted by molar-refractivity contribution is -0.186. The summed E-state index contributed by atoms with van der Waals surface area (Å²) in [6, 6.07) is 10.2. The lowest BCUT2D eigenvalue weighted by Gasteiger charge is -2.48. The maximum Gasteiger partial charge on any atom is 0.310 e. The first-order valence-electron chi connectivity index (χ1n) is 9.08. The molecule has 3 atom stereocenters. The summed E-state index contributed by atoms with van der Waals surface area (Å²) >= 11 is 0. The largest absolute Gasteiger partial charge is 0.460 e. The first kappa shape index (κ1) is 17.4. The van der Waals surface area contributed by atoms with E-state index >= 15 is 0 Å². The van der Waals surface area contributed by atoms with Gasteiger partial charge >= 0.3 is 5.97 Å². The second-order valence-corrected chi connectivity index (χ2v) is 8.25. The number of carbonyl (C=O) groups excluding carboxylic acids is 1. The Balaban J connectivity index is 1.99. The molecule has 4 heteroatoms. The van der Waals surface area contributed by atoms with E-state index in [-0.39, 0.29) is 23.3 Å². The maximum atomic E-state index is 12.9. The van der Waals surface area contributed by atoms with E-state index in [1.165, 1.54) is 5.06 Å². The third-order valence-corrected chi connectivity index (χ3v) is 5.47. The van der Waals surface area contributed by atoms with E-state index < -0.39 is 5.60 Å². The van der Waals surface area contributed by atoms with E-state index in [0.29, 0.717) is 6.54 Å². The lowest BCUT2D eigenvalue weighted by Crippen LogP contribution is -2.53. The number of hydrogen-bond acceptors (Lipinski definition) is 4. The summed E-state index contributed by atoms with van der Waals surface area (Å²) in [5, 5.41) is 12.2. The number of esters is 1. The van der Waals surface area contributed by atoms with Crippen LogP contribution >= 0.6 is 0 Å². The Morgan fingerprint density at radius 1 is 1.21 bits per heavy atom. The molecular weight excluding hydrogens is 302 g/mol. The summed E-state index contributed by atoms with van der Waals surface area (Å²) in [5.41, 5.74) is 0.313. The first-order chi connectivity index (χ1) is 11.3. The zero-order valence-electron chi connectivity index (χ0n) is 15.0. The highest BCUT2D eigenvalue weighted by Gasteiger charge is 2.54. The molecule has 1 aromatic carbocycles. The first-order valence-corrected chi connectivity index (χ1v) is 9.08. The summed E-state index contributed by atoms with van der Waals surface area (Å²) in [7, 11) is 0. The Hall–Kier alpha value is -1.39. The van der Waals surface area contributed by atoms with Gasteiger partial charge in [0.2, 0.25) is 0 Å². The van der Waals surface area contributed by atoms with Crippen molar-refractivity contribution in [3.05, 3.63) is 35.9 Å². The van der Waals surface area contributed by atoms with Crippen LogP contribution in [0.3, 0.4) is 0 Å². The highest BCUT2D eigenvalue weighted by molar-refractivity contribution is 5.75. The standard InChI is InChI=1S/C20H29NO3/c1-19(2,3)24-18(22)16-11-7-12-20(13-8-14-21(20)23)17(16)15-9-5-4-6-10-15/h4-6,9-10,16-17,23H,7-8,11-14H2,1-3H3. The minimum Gasteiger partial charge on any atom is -0.460 e. The van der Waals surface area contributed by atoms with Crippen LogP contribution in [0.25, 0.3) is 0 Å². The van der Waals surface area contributed by atoms with Gasteiger partial charge in [-0.2, -0.15) is 5.06 Å². The summed E-state index contributed by atoms with van der Waals surface area (Å²) < 4.78 is 5.73. The van der Waals surface area contributed by atoms with Crippen LogP contribution in [0.4, 0.5) is 0 Å². The van der Waals surface area contributed by atoms with Crippen molar-refractivity contribution in [2.45, 2.75) is 69.9 Å². The van der Waals surface area contributed by atoms with Crippen LogP contribution < -0.4 is 0 Å². The fraction of sp³-hybridized carbons (Fsp3) is 0.650. The average Bonchev–Trinajstić information content (AvgIpc) is 2.87. The van der Waals surface area contributed by atoms with E-state index in [4.69, 9.17) is 4.74 Å². The number of ether oxygens (including phenoxy) is 1. The van der Waals surface area contributed by atoms with E-state index in [1.807, 2.05) is 39.0 Å². The van der Waals surface area contributed by atoms with Gasteiger partial charge in [0.15, 0.2) is 0 Å². The number of carbonyl (C=O) groups is 1. The lowest BCUT2D eigenvalue weighted by atomic mass is 9.63. The van der Waals surface area contributed by atoms with Gasteiger partial charge in [0.05, 0.1) is 11.5 Å². The fourth-order valence-corrected chi connectivity index (χ4v) is 4.62. The third-order valence-electron chi connectivity index (χ3n) is 5.47. The van der Waals surface area contributed by atoms with E-state index in [1.54, 1.807) is 0 Å². The molecule has 3 rings (SSSR count). The molecule has 1 spiro atoms. The Labute approximate surface area is 144 Å². The number of benzene rings is 1. The van der Waals surface area contributed by atoms with Crippen LogP contribution in [0.2, 0.25) is 0 Å². The van der Waals surface area contributed by atoms with Crippen molar-refractivity contribution in [3.8, 4) is 0 Å². The van der Waals surface area contributed by atoms with Gasteiger partial charge in [-0.05, 0) is 52.0 Å². The molecule has 132 valence electrons. The number of hydrogen-bond donors (Lipinski definition) is 1. The molecule has 0 radical (unpaired) electrons. The summed E-state index contributed by atoms with van der Waals surface area (Å²) in [5.74, 6) is -0.348. The van der Waals surface area contributed by atoms with Gasteiger partial charge in [0.1, 0.15) is 5.60 Å². The van der Waals surface area contributed by atoms with Crippen LogP contribution in [0.1, 0.15) is 64.4 Å². The maximum absolute atomic E-state index is 12.9. The predicted molar refractivity (Wildman–Crippen MR) is 92.8 cm³/mol. The minimum atomic E-state index is -0.489. The normalized spacial score (nSPS) is 31.3. The van der Waals surface area contributed by atoms with Crippen molar-refractivity contribution in [1.29, 1.82) is 0 Å². The quantitative estimate of drug-likeness (QED) is 0.828. The molecule has 24 heavy (non-hydrogen) atoms. The molecule has 1 aliphatic carbocycles. The van der Waals surface area contributed by atoms with Crippen molar-refractivity contribution in [2.24, 2.45) is 5.92 Å². The van der Waals surface area contributed by atoms with Crippen LogP contribution in [0.15, 0.2) is 30.3 Å². The Morgan fingerprint density at radius 2 is 1.88 bits per heavy atom. The number of nitrogens with zero attached hydrogens (tertiary/aromatic N) is 1. The van der Waals surface area contributed by atoms with Gasteiger partial charge < -0.3 is 9.94 Å². The molecule has 1 saturated carbocycles. The van der Waals surface area contributed by atoms with Crippen LogP contribution in [0, 0.1) is 5.92 Å². The van der Waals surface area contributed by atoms with Crippen molar-refractivity contribution in [3.63, 3.8) is 0 Å². The highest BCUT2D eigenvalue weighted by atomic mass is 16.6. The smallest absolute Gasteiger partial charge is 0.310 e. The van der Waals surface area contributed by atoms with Gasteiger partial charge in [-0.25, -0.2) is 0 Å². The third kappa shape index (κ3) is 3.22. The SMILES string of the molecule is CC(C)(C)OC(=O)C1CCCC2(CCCN2O)C1c1ccccc1. The van der Waals surface area contributed by atoms with Crippen LogP contribution in [-0.2, 0) is 9.53 Å². The van der Waals surface area contributed by atoms with Gasteiger partial charge in [-0.3, -0.25) is 4.79 Å². The van der Waals surface area contributed by atoms with E-state index in [0.717, 1.165) is 37.7 Å². The predicted octanol–water partition coefficient (Wildman–Crippen LogP) is 4.14. The molecule has 1 aliphatic heterocycles. The molecule has 1 heterocycles. The van der Waals surface area contributed by atoms with Crippen LogP contribution in [0.5, 0.6) is 0 Å². The zero-order chi connectivity index (χ0) is 17.4. The van der Waals surface area contributed by atoms with E-state index in [2.05, 4.69) is 12.1 Å². The molecule has 1 aromatic rings. The molecule has 2 fully saturated rings. The number of rotatable bonds is 2. The topological polar surface area (TPSA) is 49.8 Å². The van der Waals surface area contributed by atoms with Gasteiger partial charge in [-0.15, -0.1) is 0 Å². The van der Waals surface area contributed by atoms with E-state index in [9.17, 15) is 10.0 Å². The fourth-order valence-electron chi connectivity index (χ4n) is 4.62. The van der Waals surface area contributed by atoms with Crippen molar-refractivity contribution < 1.29 is 14.7 Å². The van der Waals surface area contributed by atoms with Gasteiger partial charge in [-0.1, -0.05) is 36.8 Å². The number of hydroxylamine groups is 2. The average molecular weight is 331 g/mol. The molecule has 0 bridgehead atoms. The van der Waals surface area contributed by atoms with Gasteiger partial charge in [0.25, 0.3) is 0 Å². The Bertz CT molecular complexity index is 580. The van der Waals surface area contributed by atoms with Crippen LogP contribution in [-0.4, -0.2) is 33.9 Å². The molecule has 2 aliphatic rings. The Morgan fingerprint density at radius 3 is 2.46 bits per heavy atom. The summed E-state index contributed by atoms with van der Waals surface area (Å²) in [6.45, 7) is 6.42. The summed E-state index contributed by atoms with van der Waals surface area (Å²) in [4.78, 5) is 12.9. The highest BCUT2D eigenvalue weighted by Crippen LogP contribution is 2.52. The monoisotopic (exact) mass is 331 g/mol. The van der Waals surface area contributed by atoms with Crippen molar-refractivity contribution in [2.75, 3.05) is 6.54 Å². The molecule has 3 unspecified atom stereocenters. The molecule has 4 nitrogen and oxygen atoms in total. The zero-order valence-corrected chi connectivity index (χ0v) is 15.0. The molecule has 1 N–H and O–H groups in total. The van der Waals surface area contributed by atoms with Crippen molar-refractivity contribution >= 4 is 5.97 Å². The molecule has 0 aromatic heterocycles. The second kappa shape index (κ2) is 6.49. The Kier molecular flexibility index (Phi) is 4.71. The van der Waals surface area contributed by atoms with Crippen molar-refractivity contribution in [1.82, 2.24) is 5.06 Å². The minimum absolute atomic E-state index is 0.0187. The second-order valence-electron chi connectivity index (χ2n) is 8.25. The van der Waals surface area contributed by atoms with Gasteiger partial charge in [0, 0.05) is 12.5 Å². The molecule has 1 saturated heterocycles.